The maximum Gasteiger partial charge on any atom is 0.285 e. The van der Waals surface area contributed by atoms with Crippen molar-refractivity contribution in [2.24, 2.45) is 0 Å². The molecule has 1 rings (SSSR count). The molecule has 17 heavy (non-hydrogen) atoms. The maximum atomic E-state index is 11.3. The number of nitrogens with one attached hydrogen (secondary N) is 1. The van der Waals surface area contributed by atoms with Gasteiger partial charge in [-0.3, -0.25) is 14.8 Å². The van der Waals surface area contributed by atoms with Crippen molar-refractivity contribution in [1.29, 1.82) is 0 Å². The molecule has 94 valence electrons. The fourth-order valence-electron chi connectivity index (χ4n) is 1.07. The first-order valence-corrected chi connectivity index (χ1v) is 6.85. The number of hydrogen-bond donors (Lipinski definition) is 2. The minimum atomic E-state index is -3.68. The summed E-state index contributed by atoms with van der Waals surface area (Å²) in [6, 6.07) is 3.85. The molecule has 2 N–H and O–H groups in total. The summed E-state index contributed by atoms with van der Waals surface area (Å²) in [5.74, 6) is -0.461. The Kier molecular flexibility index (Phi) is 4.43. The van der Waals surface area contributed by atoms with E-state index < -0.39 is 27.3 Å². The maximum absolute atomic E-state index is 11.3. The number of anilines is 1. The molecule has 7 nitrogen and oxygen atoms in total. The lowest BCUT2D eigenvalue weighted by Crippen LogP contribution is -2.18. The molecule has 0 fully saturated rings. The monoisotopic (exact) mass is 324 g/mol. The van der Waals surface area contributed by atoms with E-state index >= 15 is 0 Å². The van der Waals surface area contributed by atoms with Crippen LogP contribution in [-0.4, -0.2) is 30.8 Å². The third-order valence-corrected chi connectivity index (χ3v) is 3.71. The van der Waals surface area contributed by atoms with Crippen LogP contribution in [0.2, 0.25) is 0 Å². The second kappa shape index (κ2) is 5.43. The van der Waals surface area contributed by atoms with Crippen LogP contribution in [0.4, 0.5) is 11.4 Å². The number of nitrogens with zero attached hydrogens (tertiary/aromatic N) is 1. The van der Waals surface area contributed by atoms with Gasteiger partial charge in [-0.25, -0.2) is 8.42 Å². The van der Waals surface area contributed by atoms with Gasteiger partial charge in [0.1, 0.15) is 0 Å². The second-order valence-corrected chi connectivity index (χ2v) is 5.76. The van der Waals surface area contributed by atoms with E-state index in [9.17, 15) is 18.5 Å². The second-order valence-electron chi connectivity index (χ2n) is 3.07. The first-order valence-electron chi connectivity index (χ1n) is 4.41. The van der Waals surface area contributed by atoms with Crippen LogP contribution in [0.1, 0.15) is 0 Å². The lowest BCUT2D eigenvalue weighted by molar-refractivity contribution is -0.385. The largest absolute Gasteiger partial charge is 0.395 e. The number of halogens is 1. The molecular weight excluding hydrogens is 316 g/mol. The average Bonchev–Trinajstić information content (AvgIpc) is 2.20. The summed E-state index contributed by atoms with van der Waals surface area (Å²) in [7, 11) is -3.68. The van der Waals surface area contributed by atoms with Crippen LogP contribution in [0.15, 0.2) is 22.7 Å². The Morgan fingerprint density at radius 3 is 2.65 bits per heavy atom. The van der Waals surface area contributed by atoms with Crippen LogP contribution in [0.25, 0.3) is 0 Å². The van der Waals surface area contributed by atoms with Gasteiger partial charge in [-0.1, -0.05) is 0 Å². The Morgan fingerprint density at radius 1 is 1.47 bits per heavy atom. The van der Waals surface area contributed by atoms with Gasteiger partial charge < -0.3 is 5.11 Å². The van der Waals surface area contributed by atoms with Gasteiger partial charge in [0.05, 0.1) is 27.4 Å². The highest BCUT2D eigenvalue weighted by atomic mass is 79.9. The predicted molar refractivity (Wildman–Crippen MR) is 65.3 cm³/mol. The summed E-state index contributed by atoms with van der Waals surface area (Å²) >= 11 is 2.98. The van der Waals surface area contributed by atoms with Crippen molar-refractivity contribution in [2.75, 3.05) is 17.1 Å². The zero-order valence-electron chi connectivity index (χ0n) is 8.46. The highest BCUT2D eigenvalue weighted by molar-refractivity contribution is 9.10. The summed E-state index contributed by atoms with van der Waals surface area (Å²) in [5, 5.41) is 19.2. The lowest BCUT2D eigenvalue weighted by Gasteiger charge is -2.06. The van der Waals surface area contributed by atoms with Crippen molar-refractivity contribution < 1.29 is 18.4 Å². The van der Waals surface area contributed by atoms with Crippen molar-refractivity contribution in [3.05, 3.63) is 32.8 Å². The van der Waals surface area contributed by atoms with Crippen molar-refractivity contribution in [3.63, 3.8) is 0 Å². The summed E-state index contributed by atoms with van der Waals surface area (Å²) in [6.45, 7) is -0.520. The zero-order valence-corrected chi connectivity index (χ0v) is 10.9. The van der Waals surface area contributed by atoms with Gasteiger partial charge in [-0.2, -0.15) is 0 Å². The molecule has 0 heterocycles. The van der Waals surface area contributed by atoms with Crippen LogP contribution >= 0.6 is 15.9 Å². The van der Waals surface area contributed by atoms with Gasteiger partial charge >= 0.3 is 0 Å². The van der Waals surface area contributed by atoms with Gasteiger partial charge in [-0.15, -0.1) is 0 Å². The first-order chi connectivity index (χ1) is 7.85. The molecule has 0 atom stereocenters. The van der Waals surface area contributed by atoms with Crippen molar-refractivity contribution in [2.45, 2.75) is 0 Å². The SMILES string of the molecule is O=[N+]([O-])c1cc(NS(=O)(=O)CCO)ccc1Br. The quantitative estimate of drug-likeness (QED) is 0.622. The van der Waals surface area contributed by atoms with Gasteiger partial charge in [-0.05, 0) is 28.1 Å². The number of benzene rings is 1. The van der Waals surface area contributed by atoms with Gasteiger partial charge in [0, 0.05) is 6.07 Å². The van der Waals surface area contributed by atoms with Gasteiger partial charge in [0.25, 0.3) is 5.69 Å². The molecule has 0 aromatic heterocycles. The highest BCUT2D eigenvalue weighted by Gasteiger charge is 2.15. The Hall–Kier alpha value is -1.19. The van der Waals surface area contributed by atoms with E-state index in [1.807, 2.05) is 0 Å². The zero-order chi connectivity index (χ0) is 13.1. The molecule has 0 saturated heterocycles. The van der Waals surface area contributed by atoms with Crippen LogP contribution in [0, 0.1) is 10.1 Å². The third-order valence-electron chi connectivity index (χ3n) is 1.78. The van der Waals surface area contributed by atoms with Crippen molar-refractivity contribution in [3.8, 4) is 0 Å². The molecule has 0 unspecified atom stereocenters. The standard InChI is InChI=1S/C8H9BrN2O5S/c9-7-2-1-6(5-8(7)11(13)14)10-17(15,16)4-3-12/h1-2,5,10,12H,3-4H2. The molecule has 9 heteroatoms. The number of aliphatic hydroxyl groups excluding tert-OH is 1. The first kappa shape index (κ1) is 13.9. The minimum absolute atomic E-state index is 0.0772. The van der Waals surface area contributed by atoms with E-state index in [0.717, 1.165) is 6.07 Å². The Morgan fingerprint density at radius 2 is 2.12 bits per heavy atom. The van der Waals surface area contributed by atoms with Crippen LogP contribution in [0.3, 0.4) is 0 Å². The van der Waals surface area contributed by atoms with Crippen LogP contribution in [-0.2, 0) is 10.0 Å². The summed E-state index contributed by atoms with van der Waals surface area (Å²) in [6.07, 6.45) is 0. The van der Waals surface area contributed by atoms with Crippen molar-refractivity contribution >= 4 is 37.3 Å². The Bertz CT molecular complexity index is 531. The smallest absolute Gasteiger partial charge is 0.285 e. The number of sulfonamides is 1. The van der Waals surface area contributed by atoms with Crippen molar-refractivity contribution in [1.82, 2.24) is 0 Å². The summed E-state index contributed by atoms with van der Waals surface area (Å²) in [4.78, 5) is 9.99. The number of hydrogen-bond acceptors (Lipinski definition) is 5. The Labute approximate surface area is 106 Å². The molecule has 0 amide bonds. The predicted octanol–water partition coefficient (Wildman–Crippen LogP) is 1.09. The van der Waals surface area contributed by atoms with E-state index in [4.69, 9.17) is 5.11 Å². The molecule has 0 aliphatic rings. The Balaban J connectivity index is 3.02. The molecule has 1 aromatic carbocycles. The highest BCUT2D eigenvalue weighted by Crippen LogP contribution is 2.28. The lowest BCUT2D eigenvalue weighted by atomic mass is 10.3. The minimum Gasteiger partial charge on any atom is -0.395 e. The van der Waals surface area contributed by atoms with E-state index in [1.165, 1.54) is 12.1 Å². The average molecular weight is 325 g/mol. The molecule has 0 saturated carbocycles. The molecule has 0 aliphatic carbocycles. The summed E-state index contributed by atoms with van der Waals surface area (Å²) < 4.78 is 25.0. The van der Waals surface area contributed by atoms with E-state index in [2.05, 4.69) is 20.7 Å². The summed E-state index contributed by atoms with van der Waals surface area (Å²) in [5.41, 5.74) is -0.164. The molecule has 1 aromatic rings. The topological polar surface area (TPSA) is 110 Å². The van der Waals surface area contributed by atoms with E-state index in [1.54, 1.807) is 0 Å². The van der Waals surface area contributed by atoms with Gasteiger partial charge in [0.15, 0.2) is 0 Å². The van der Waals surface area contributed by atoms with Gasteiger partial charge in [0.2, 0.25) is 10.0 Å². The number of nitro benzene ring substituents is 1. The molecule has 0 bridgehead atoms. The van der Waals surface area contributed by atoms with E-state index in [0.29, 0.717) is 0 Å². The van der Waals surface area contributed by atoms with E-state index in [-0.39, 0.29) is 15.8 Å². The molecule has 0 radical (unpaired) electrons. The number of nitro groups is 1. The third kappa shape index (κ3) is 3.95. The molecule has 0 aliphatic heterocycles. The normalized spacial score (nSPS) is 11.2. The fourth-order valence-corrected chi connectivity index (χ4v) is 2.29. The molecule has 0 spiro atoms. The van der Waals surface area contributed by atoms with Crippen LogP contribution in [0.5, 0.6) is 0 Å². The number of aliphatic hydroxyl groups is 1. The molecular formula is C8H9BrN2O5S. The van der Waals surface area contributed by atoms with Crippen LogP contribution < -0.4 is 4.72 Å². The fraction of sp³-hybridized carbons (Fsp3) is 0.250. The number of rotatable bonds is 5.